The number of hydrogen-bond acceptors (Lipinski definition) is 7. The summed E-state index contributed by atoms with van der Waals surface area (Å²) in [7, 11) is -3.14. The smallest absolute Gasteiger partial charge is 0.239 e. The van der Waals surface area contributed by atoms with Crippen LogP contribution in [-0.2, 0) is 10.0 Å². The average Bonchev–Trinajstić information content (AvgIpc) is 2.29. The fraction of sp³-hybridized carbons (Fsp3) is 0.500. The highest BCUT2D eigenvalue weighted by Crippen LogP contribution is 2.18. The zero-order chi connectivity index (χ0) is 13.6. The highest BCUT2D eigenvalue weighted by molar-refractivity contribution is 7.88. The number of hydrogen-bond donors (Lipinski definition) is 4. The van der Waals surface area contributed by atoms with Gasteiger partial charge < -0.3 is 5.32 Å². The van der Waals surface area contributed by atoms with Gasteiger partial charge >= 0.3 is 0 Å². The Morgan fingerprint density at radius 3 is 2.78 bits per heavy atom. The minimum Gasteiger partial charge on any atom is -0.369 e. The Bertz CT molecular complexity index is 494. The van der Waals surface area contributed by atoms with Gasteiger partial charge in [-0.05, 0) is 6.42 Å². The Balaban J connectivity index is 2.39. The van der Waals surface area contributed by atoms with Gasteiger partial charge in [-0.1, -0.05) is 11.6 Å². The van der Waals surface area contributed by atoms with Crippen molar-refractivity contribution in [1.29, 1.82) is 0 Å². The number of anilines is 2. The number of nitrogens with one attached hydrogen (secondary N) is 3. The molecule has 1 rings (SSSR count). The van der Waals surface area contributed by atoms with Crippen LogP contribution in [0.1, 0.15) is 6.42 Å². The molecule has 1 aromatic rings. The Labute approximate surface area is 110 Å². The van der Waals surface area contributed by atoms with E-state index >= 15 is 0 Å². The van der Waals surface area contributed by atoms with Gasteiger partial charge in [0, 0.05) is 13.1 Å². The molecule has 0 spiro atoms. The molecule has 0 unspecified atom stereocenters. The lowest BCUT2D eigenvalue weighted by Crippen LogP contribution is -2.24. The van der Waals surface area contributed by atoms with Crippen LogP contribution < -0.4 is 21.3 Å². The van der Waals surface area contributed by atoms with E-state index in [9.17, 15) is 8.42 Å². The molecule has 102 valence electrons. The first-order valence-corrected chi connectivity index (χ1v) is 7.37. The van der Waals surface area contributed by atoms with Gasteiger partial charge in [0.25, 0.3) is 0 Å². The van der Waals surface area contributed by atoms with Gasteiger partial charge in [-0.15, -0.1) is 0 Å². The molecule has 18 heavy (non-hydrogen) atoms. The van der Waals surface area contributed by atoms with E-state index in [4.69, 9.17) is 17.4 Å². The minimum atomic E-state index is -3.14. The maximum Gasteiger partial charge on any atom is 0.239 e. The van der Waals surface area contributed by atoms with Crippen LogP contribution in [-0.4, -0.2) is 37.7 Å². The van der Waals surface area contributed by atoms with Crippen molar-refractivity contribution >= 4 is 33.4 Å². The highest BCUT2D eigenvalue weighted by Gasteiger charge is 2.04. The molecule has 0 amide bonds. The van der Waals surface area contributed by atoms with E-state index in [0.717, 1.165) is 6.26 Å². The van der Waals surface area contributed by atoms with Gasteiger partial charge in [0.05, 0.1) is 12.5 Å². The second kappa shape index (κ2) is 6.69. The van der Waals surface area contributed by atoms with Crippen molar-refractivity contribution in [2.45, 2.75) is 6.42 Å². The molecule has 1 heterocycles. The summed E-state index contributed by atoms with van der Waals surface area (Å²) in [4.78, 5) is 7.83. The molecule has 0 aliphatic heterocycles. The molecule has 0 radical (unpaired) electrons. The summed E-state index contributed by atoms with van der Waals surface area (Å²) in [5.74, 6) is 5.86. The van der Waals surface area contributed by atoms with E-state index in [1.54, 1.807) is 0 Å². The topological polar surface area (TPSA) is 122 Å². The first-order chi connectivity index (χ1) is 8.42. The molecular formula is C8H15ClN6O2S. The summed E-state index contributed by atoms with van der Waals surface area (Å²) < 4.78 is 24.0. The molecule has 0 aliphatic carbocycles. The average molecular weight is 295 g/mol. The van der Waals surface area contributed by atoms with Crippen LogP contribution in [0.4, 0.5) is 11.8 Å². The second-order valence-corrected chi connectivity index (χ2v) is 5.72. The van der Waals surface area contributed by atoms with Crippen LogP contribution in [0.25, 0.3) is 0 Å². The number of nitrogens with zero attached hydrogens (tertiary/aromatic N) is 2. The van der Waals surface area contributed by atoms with Crippen LogP contribution in [0.3, 0.4) is 0 Å². The van der Waals surface area contributed by atoms with E-state index in [0.29, 0.717) is 30.4 Å². The van der Waals surface area contributed by atoms with Gasteiger partial charge in [-0.25, -0.2) is 24.0 Å². The predicted molar refractivity (Wildman–Crippen MR) is 70.8 cm³/mol. The molecule has 0 bridgehead atoms. The molecule has 0 atom stereocenters. The monoisotopic (exact) mass is 294 g/mol. The van der Waals surface area contributed by atoms with Gasteiger partial charge in [-0.3, -0.25) is 5.43 Å². The maximum absolute atomic E-state index is 10.8. The molecule has 0 saturated carbocycles. The summed E-state index contributed by atoms with van der Waals surface area (Å²) >= 11 is 5.87. The molecule has 0 fully saturated rings. The number of hydrazine groups is 1. The molecule has 5 N–H and O–H groups in total. The fourth-order valence-electron chi connectivity index (χ4n) is 1.11. The van der Waals surface area contributed by atoms with Gasteiger partial charge in [0.1, 0.15) is 5.02 Å². The lowest BCUT2D eigenvalue weighted by Gasteiger charge is -2.08. The first-order valence-electron chi connectivity index (χ1n) is 5.10. The summed E-state index contributed by atoms with van der Waals surface area (Å²) in [5.41, 5.74) is 2.30. The Kier molecular flexibility index (Phi) is 5.54. The molecule has 8 nitrogen and oxygen atoms in total. The van der Waals surface area contributed by atoms with Crippen molar-refractivity contribution < 1.29 is 8.42 Å². The van der Waals surface area contributed by atoms with Crippen molar-refractivity contribution in [3.8, 4) is 0 Å². The third-order valence-electron chi connectivity index (χ3n) is 1.88. The van der Waals surface area contributed by atoms with Crippen molar-refractivity contribution in [3.63, 3.8) is 0 Å². The first kappa shape index (κ1) is 14.9. The lowest BCUT2D eigenvalue weighted by atomic mass is 10.4. The van der Waals surface area contributed by atoms with E-state index < -0.39 is 10.0 Å². The van der Waals surface area contributed by atoms with Crippen LogP contribution in [0.15, 0.2) is 6.20 Å². The molecule has 10 heteroatoms. The number of aromatic nitrogens is 2. The number of sulfonamides is 1. The Morgan fingerprint density at radius 1 is 1.44 bits per heavy atom. The van der Waals surface area contributed by atoms with Crippen molar-refractivity contribution in [2.24, 2.45) is 5.84 Å². The van der Waals surface area contributed by atoms with Crippen LogP contribution >= 0.6 is 11.6 Å². The number of rotatable bonds is 7. The molecule has 0 aliphatic rings. The number of nitrogens with two attached hydrogens (primary N) is 1. The summed E-state index contributed by atoms with van der Waals surface area (Å²) in [6.07, 6.45) is 3.13. The third-order valence-corrected chi connectivity index (χ3v) is 2.89. The number of nitrogen functional groups attached to an aromatic ring is 1. The second-order valence-electron chi connectivity index (χ2n) is 3.48. The Morgan fingerprint density at radius 2 is 2.17 bits per heavy atom. The van der Waals surface area contributed by atoms with Crippen molar-refractivity contribution in [1.82, 2.24) is 14.7 Å². The minimum absolute atomic E-state index is 0.246. The fourth-order valence-corrected chi connectivity index (χ4v) is 1.79. The van der Waals surface area contributed by atoms with E-state index in [1.807, 2.05) is 0 Å². The van der Waals surface area contributed by atoms with Crippen molar-refractivity contribution in [2.75, 3.05) is 30.1 Å². The van der Waals surface area contributed by atoms with Crippen LogP contribution in [0, 0.1) is 0 Å². The maximum atomic E-state index is 10.8. The molecular weight excluding hydrogens is 280 g/mol. The summed E-state index contributed by atoms with van der Waals surface area (Å²) in [6.45, 7) is 0.861. The predicted octanol–water partition coefficient (Wildman–Crippen LogP) is -0.233. The van der Waals surface area contributed by atoms with Crippen molar-refractivity contribution in [3.05, 3.63) is 11.2 Å². The van der Waals surface area contributed by atoms with Crippen LogP contribution in [0.5, 0.6) is 0 Å². The lowest BCUT2D eigenvalue weighted by molar-refractivity contribution is 0.586. The van der Waals surface area contributed by atoms with Gasteiger partial charge in [-0.2, -0.15) is 4.98 Å². The van der Waals surface area contributed by atoms with E-state index in [2.05, 4.69) is 25.4 Å². The van der Waals surface area contributed by atoms with E-state index in [-0.39, 0.29) is 5.95 Å². The zero-order valence-corrected chi connectivity index (χ0v) is 11.3. The summed E-state index contributed by atoms with van der Waals surface area (Å²) in [5, 5.41) is 3.33. The van der Waals surface area contributed by atoms with Crippen LogP contribution in [0.2, 0.25) is 5.02 Å². The number of halogens is 1. The quantitative estimate of drug-likeness (QED) is 0.311. The van der Waals surface area contributed by atoms with E-state index in [1.165, 1.54) is 6.20 Å². The normalized spacial score (nSPS) is 11.3. The largest absolute Gasteiger partial charge is 0.369 e. The van der Waals surface area contributed by atoms with Gasteiger partial charge in [0.2, 0.25) is 16.0 Å². The SMILES string of the molecule is CS(=O)(=O)NCCCNc1nc(NN)ncc1Cl. The Hall–Kier alpha value is -1.16. The highest BCUT2D eigenvalue weighted by atomic mass is 35.5. The molecule has 1 aromatic heterocycles. The third kappa shape index (κ3) is 5.45. The molecule has 0 saturated heterocycles. The molecule has 0 aromatic carbocycles. The summed E-state index contributed by atoms with van der Waals surface area (Å²) in [6, 6.07) is 0. The standard InChI is InChI=1S/C8H15ClN6O2S/c1-18(16,17)13-4-2-3-11-7-6(9)5-12-8(14-7)15-10/h5,13H,2-4,10H2,1H3,(H2,11,12,14,15). The zero-order valence-electron chi connectivity index (χ0n) is 9.77. The van der Waals surface area contributed by atoms with Gasteiger partial charge in [0.15, 0.2) is 5.82 Å².